The lowest BCUT2D eigenvalue weighted by Gasteiger charge is -2.18. The van der Waals surface area contributed by atoms with E-state index in [-0.39, 0.29) is 6.20 Å². The van der Waals surface area contributed by atoms with Crippen LogP contribution in [0, 0.1) is 0 Å². The van der Waals surface area contributed by atoms with Crippen molar-refractivity contribution in [3.8, 4) is 5.75 Å². The summed E-state index contributed by atoms with van der Waals surface area (Å²) in [6.45, 7) is 0. The fraction of sp³-hybridized carbons (Fsp3) is 0.375. The van der Waals surface area contributed by atoms with Crippen LogP contribution in [0.5, 0.6) is 5.75 Å². The maximum Gasteiger partial charge on any atom is 0.573 e. The largest absolute Gasteiger partial charge is 0.573 e. The summed E-state index contributed by atoms with van der Waals surface area (Å²) in [7, 11) is 0. The Labute approximate surface area is 104 Å². The molecule has 0 spiro atoms. The first-order valence-electron chi connectivity index (χ1n) is 4.23. The summed E-state index contributed by atoms with van der Waals surface area (Å²) in [4.78, 5) is 2.78. The van der Waals surface area contributed by atoms with Crippen molar-refractivity contribution in [1.29, 1.82) is 0 Å². The molecule has 11 heteroatoms. The van der Waals surface area contributed by atoms with Crippen molar-refractivity contribution < 1.29 is 39.9 Å². The van der Waals surface area contributed by atoms with Gasteiger partial charge in [-0.1, -0.05) is 11.6 Å². The molecular weight excluding hydrogens is 314 g/mol. The Balaban J connectivity index is 3.55. The number of alkyl halides is 8. The topological polar surface area (TPSA) is 22.1 Å². The van der Waals surface area contributed by atoms with Gasteiger partial charge in [-0.25, -0.2) is 13.8 Å². The Kier molecular flexibility index (Phi) is 4.13. The molecule has 0 atom stereocenters. The van der Waals surface area contributed by atoms with Crippen LogP contribution in [-0.4, -0.2) is 11.3 Å². The molecule has 0 amide bonds. The van der Waals surface area contributed by atoms with E-state index in [4.69, 9.17) is 11.6 Å². The summed E-state index contributed by atoms with van der Waals surface area (Å²) in [5.74, 6) is -2.10. The molecule has 0 N–H and O–H groups in total. The molecule has 1 aromatic heterocycles. The number of aromatic nitrogens is 1. The van der Waals surface area contributed by atoms with Crippen LogP contribution in [0.4, 0.5) is 35.1 Å². The highest BCUT2D eigenvalue weighted by atomic mass is 35.5. The maximum atomic E-state index is 12.5. The van der Waals surface area contributed by atoms with Crippen molar-refractivity contribution in [1.82, 2.24) is 4.98 Å². The average Bonchev–Trinajstić information content (AvgIpc) is 2.11. The van der Waals surface area contributed by atoms with Crippen molar-refractivity contribution in [2.24, 2.45) is 0 Å². The van der Waals surface area contributed by atoms with E-state index >= 15 is 0 Å². The van der Waals surface area contributed by atoms with Gasteiger partial charge in [-0.05, 0) is 0 Å². The number of hydrogen-bond acceptors (Lipinski definition) is 2. The molecule has 0 saturated heterocycles. The van der Waals surface area contributed by atoms with E-state index in [9.17, 15) is 35.1 Å². The molecule has 0 bridgehead atoms. The van der Waals surface area contributed by atoms with E-state index in [1.165, 1.54) is 0 Å². The Morgan fingerprint density at radius 1 is 1.11 bits per heavy atom. The molecule has 0 aliphatic carbocycles. The highest BCUT2D eigenvalue weighted by Gasteiger charge is 2.44. The molecule has 19 heavy (non-hydrogen) atoms. The number of rotatable bonds is 2. The van der Waals surface area contributed by atoms with Gasteiger partial charge in [0.15, 0.2) is 5.75 Å². The highest BCUT2D eigenvalue weighted by Crippen LogP contribution is 2.45. The average molecular weight is 316 g/mol. The van der Waals surface area contributed by atoms with E-state index in [2.05, 4.69) is 9.72 Å². The van der Waals surface area contributed by atoms with Crippen LogP contribution in [0.15, 0.2) is 6.20 Å². The van der Waals surface area contributed by atoms with Crippen LogP contribution in [0.3, 0.4) is 0 Å². The molecule has 0 aliphatic rings. The van der Waals surface area contributed by atoms with Gasteiger partial charge in [0.05, 0.1) is 5.56 Å². The SMILES string of the molecule is FC(F)c1cnc(Cl)c(C(F)(F)F)c1OC(F)(F)F. The number of pyridine rings is 1. The molecule has 0 unspecified atom stereocenters. The molecule has 0 aromatic carbocycles. The van der Waals surface area contributed by atoms with Gasteiger partial charge in [-0.2, -0.15) is 13.2 Å². The monoisotopic (exact) mass is 315 g/mol. The molecule has 0 fully saturated rings. The molecule has 0 saturated carbocycles. The van der Waals surface area contributed by atoms with E-state index in [0.717, 1.165) is 0 Å². The quantitative estimate of drug-likeness (QED) is 0.588. The Bertz CT molecular complexity index is 469. The lowest BCUT2D eigenvalue weighted by Crippen LogP contribution is -2.22. The molecule has 108 valence electrons. The predicted molar refractivity (Wildman–Crippen MR) is 45.9 cm³/mol. The van der Waals surface area contributed by atoms with Crippen LogP contribution in [0.1, 0.15) is 17.6 Å². The summed E-state index contributed by atoms with van der Waals surface area (Å²) in [5.41, 5.74) is -3.86. The number of hydrogen-bond donors (Lipinski definition) is 0. The number of nitrogens with zero attached hydrogens (tertiary/aromatic N) is 1. The summed E-state index contributed by atoms with van der Waals surface area (Å²) in [5, 5.41) is -1.42. The van der Waals surface area contributed by atoms with E-state index in [0.29, 0.717) is 0 Å². The first-order chi connectivity index (χ1) is 8.43. The van der Waals surface area contributed by atoms with Crippen LogP contribution < -0.4 is 4.74 Å². The lowest BCUT2D eigenvalue weighted by atomic mass is 10.1. The van der Waals surface area contributed by atoms with Crippen LogP contribution in [0.2, 0.25) is 5.15 Å². The van der Waals surface area contributed by atoms with Gasteiger partial charge in [0.25, 0.3) is 6.43 Å². The van der Waals surface area contributed by atoms with E-state index < -0.39 is 41.0 Å². The molecule has 1 aromatic rings. The maximum absolute atomic E-state index is 12.5. The second-order valence-electron chi connectivity index (χ2n) is 3.05. The number of ether oxygens (including phenoxy) is 1. The molecule has 0 aliphatic heterocycles. The Morgan fingerprint density at radius 3 is 2.00 bits per heavy atom. The van der Waals surface area contributed by atoms with Gasteiger partial charge in [-0.15, -0.1) is 13.2 Å². The third-order valence-corrected chi connectivity index (χ3v) is 2.04. The number of halogens is 9. The van der Waals surface area contributed by atoms with Crippen molar-refractivity contribution in [3.63, 3.8) is 0 Å². The van der Waals surface area contributed by atoms with Crippen molar-refractivity contribution >= 4 is 11.6 Å². The molecular formula is C8H2ClF8NO. The van der Waals surface area contributed by atoms with Crippen molar-refractivity contribution in [2.75, 3.05) is 0 Å². The molecule has 0 radical (unpaired) electrons. The van der Waals surface area contributed by atoms with Gasteiger partial charge in [0.1, 0.15) is 10.7 Å². The minimum Gasteiger partial charge on any atom is -0.404 e. The normalized spacial score (nSPS) is 12.9. The minimum atomic E-state index is -5.59. The zero-order chi connectivity index (χ0) is 15.0. The van der Waals surface area contributed by atoms with Crippen molar-refractivity contribution in [2.45, 2.75) is 19.0 Å². The second-order valence-corrected chi connectivity index (χ2v) is 3.41. The van der Waals surface area contributed by atoms with Gasteiger partial charge >= 0.3 is 12.5 Å². The lowest BCUT2D eigenvalue weighted by molar-refractivity contribution is -0.276. The molecule has 1 heterocycles. The first-order valence-corrected chi connectivity index (χ1v) is 4.60. The standard InChI is InChI=1S/C8H2ClF8NO/c9-5-3(7(12,13)14)4(19-8(15,16)17)2(1-18-5)6(10)11/h1,6H. The van der Waals surface area contributed by atoms with Crippen LogP contribution in [0.25, 0.3) is 0 Å². The van der Waals surface area contributed by atoms with Crippen LogP contribution >= 0.6 is 11.6 Å². The van der Waals surface area contributed by atoms with Crippen molar-refractivity contribution in [3.05, 3.63) is 22.5 Å². The predicted octanol–water partition coefficient (Wildman–Crippen LogP) is 4.59. The summed E-state index contributed by atoms with van der Waals surface area (Å²) < 4.78 is 101. The highest BCUT2D eigenvalue weighted by molar-refractivity contribution is 6.30. The summed E-state index contributed by atoms with van der Waals surface area (Å²) in [6.07, 6.45) is -14.6. The second kappa shape index (κ2) is 4.99. The van der Waals surface area contributed by atoms with E-state index in [1.54, 1.807) is 0 Å². The van der Waals surface area contributed by atoms with E-state index in [1.807, 2.05) is 0 Å². The first kappa shape index (κ1) is 15.7. The van der Waals surface area contributed by atoms with Crippen LogP contribution in [-0.2, 0) is 6.18 Å². The summed E-state index contributed by atoms with van der Waals surface area (Å²) in [6, 6.07) is 0. The van der Waals surface area contributed by atoms with Gasteiger partial charge in [0.2, 0.25) is 0 Å². The summed E-state index contributed by atoms with van der Waals surface area (Å²) >= 11 is 5.00. The molecule has 2 nitrogen and oxygen atoms in total. The van der Waals surface area contributed by atoms with Gasteiger partial charge < -0.3 is 4.74 Å². The Hall–Kier alpha value is -1.32. The fourth-order valence-corrected chi connectivity index (χ4v) is 1.36. The third kappa shape index (κ3) is 3.82. The minimum absolute atomic E-state index is 0.0866. The Morgan fingerprint density at radius 2 is 1.63 bits per heavy atom. The smallest absolute Gasteiger partial charge is 0.404 e. The van der Waals surface area contributed by atoms with Gasteiger partial charge in [-0.3, -0.25) is 0 Å². The fourth-order valence-electron chi connectivity index (χ4n) is 1.11. The zero-order valence-electron chi connectivity index (χ0n) is 8.41. The molecule has 1 rings (SSSR count). The van der Waals surface area contributed by atoms with Gasteiger partial charge in [0, 0.05) is 6.20 Å². The third-order valence-electron chi connectivity index (χ3n) is 1.75. The zero-order valence-corrected chi connectivity index (χ0v) is 9.17.